The molecule has 1 N–H and O–H groups in total. The third-order valence-corrected chi connectivity index (χ3v) is 3.06. The van der Waals surface area contributed by atoms with Gasteiger partial charge in [-0.15, -0.1) is 11.8 Å². The molecule has 0 fully saturated rings. The van der Waals surface area contributed by atoms with Crippen molar-refractivity contribution >= 4 is 23.4 Å². The van der Waals surface area contributed by atoms with Gasteiger partial charge in [0, 0.05) is 15.7 Å². The van der Waals surface area contributed by atoms with Crippen LogP contribution >= 0.6 is 23.4 Å². The van der Waals surface area contributed by atoms with Crippen LogP contribution in [0.15, 0.2) is 29.2 Å². The lowest BCUT2D eigenvalue weighted by atomic mass is 10.1. The van der Waals surface area contributed by atoms with E-state index in [-0.39, 0.29) is 0 Å². The summed E-state index contributed by atoms with van der Waals surface area (Å²) in [5.74, 6) is 0.922. The van der Waals surface area contributed by atoms with Crippen molar-refractivity contribution in [2.24, 2.45) is 0 Å². The molecular formula is C11H15ClOS. The van der Waals surface area contributed by atoms with E-state index in [4.69, 9.17) is 11.6 Å². The third-order valence-electron chi connectivity index (χ3n) is 1.80. The maximum absolute atomic E-state index is 9.51. The largest absolute Gasteiger partial charge is 0.390 e. The van der Waals surface area contributed by atoms with Crippen LogP contribution in [0.5, 0.6) is 0 Å². The molecule has 1 aromatic carbocycles. The number of hydrogen-bond donors (Lipinski definition) is 1. The van der Waals surface area contributed by atoms with Gasteiger partial charge in [-0.25, -0.2) is 0 Å². The molecule has 1 nitrogen and oxygen atoms in total. The number of halogens is 1. The number of benzene rings is 1. The molecule has 0 aromatic heterocycles. The molecule has 0 amide bonds. The zero-order valence-corrected chi connectivity index (χ0v) is 10.0. The summed E-state index contributed by atoms with van der Waals surface area (Å²) >= 11 is 7.51. The number of rotatable bonds is 4. The van der Waals surface area contributed by atoms with Crippen LogP contribution < -0.4 is 0 Å². The molecule has 0 aliphatic carbocycles. The molecule has 0 heterocycles. The Morgan fingerprint density at radius 2 is 1.86 bits per heavy atom. The molecule has 0 radical (unpaired) electrons. The summed E-state index contributed by atoms with van der Waals surface area (Å²) in [4.78, 5) is 1.19. The molecule has 3 heteroatoms. The zero-order valence-electron chi connectivity index (χ0n) is 8.46. The molecule has 0 saturated carbocycles. The van der Waals surface area contributed by atoms with Gasteiger partial charge >= 0.3 is 0 Å². The first-order valence-corrected chi connectivity index (χ1v) is 5.94. The van der Waals surface area contributed by atoms with Crippen molar-refractivity contribution in [3.63, 3.8) is 0 Å². The van der Waals surface area contributed by atoms with Crippen LogP contribution in [-0.2, 0) is 0 Å². The Bertz CT molecular complexity index is 276. The summed E-state index contributed by atoms with van der Waals surface area (Å²) in [6.45, 7) is 3.66. The molecule has 1 rings (SSSR count). The van der Waals surface area contributed by atoms with Gasteiger partial charge in [0.2, 0.25) is 0 Å². The van der Waals surface area contributed by atoms with Crippen molar-refractivity contribution < 1.29 is 5.11 Å². The highest BCUT2D eigenvalue weighted by Crippen LogP contribution is 2.23. The topological polar surface area (TPSA) is 20.2 Å². The second-order valence-corrected chi connectivity index (χ2v) is 5.47. The SMILES string of the molecule is CC(C)(O)CCSc1ccc(Cl)cc1. The smallest absolute Gasteiger partial charge is 0.0599 e. The minimum absolute atomic E-state index is 0.570. The fourth-order valence-corrected chi connectivity index (χ4v) is 2.24. The van der Waals surface area contributed by atoms with E-state index >= 15 is 0 Å². The first-order valence-electron chi connectivity index (χ1n) is 4.58. The van der Waals surface area contributed by atoms with Gasteiger partial charge in [0.25, 0.3) is 0 Å². The Balaban J connectivity index is 2.35. The average Bonchev–Trinajstić information content (AvgIpc) is 2.06. The summed E-state index contributed by atoms with van der Waals surface area (Å²) in [5, 5.41) is 10.3. The second-order valence-electron chi connectivity index (χ2n) is 3.86. The van der Waals surface area contributed by atoms with Gasteiger partial charge in [-0.3, -0.25) is 0 Å². The van der Waals surface area contributed by atoms with Crippen LogP contribution in [0.3, 0.4) is 0 Å². The summed E-state index contributed by atoms with van der Waals surface area (Å²) in [6.07, 6.45) is 0.792. The standard InChI is InChI=1S/C11H15ClOS/c1-11(2,13)7-8-14-10-5-3-9(12)4-6-10/h3-6,13H,7-8H2,1-2H3. The second kappa shape index (κ2) is 5.06. The molecule has 1 aromatic rings. The first-order chi connectivity index (χ1) is 6.47. The van der Waals surface area contributed by atoms with E-state index in [2.05, 4.69) is 0 Å². The molecule has 0 atom stereocenters. The van der Waals surface area contributed by atoms with Gasteiger partial charge in [0.1, 0.15) is 0 Å². The lowest BCUT2D eigenvalue weighted by Crippen LogP contribution is -2.18. The van der Waals surface area contributed by atoms with E-state index in [1.165, 1.54) is 4.90 Å². The molecular weight excluding hydrogens is 216 g/mol. The molecule has 0 aliphatic heterocycles. The minimum atomic E-state index is -0.570. The van der Waals surface area contributed by atoms with E-state index in [0.29, 0.717) is 0 Å². The highest BCUT2D eigenvalue weighted by molar-refractivity contribution is 7.99. The van der Waals surface area contributed by atoms with Crippen LogP contribution in [0.4, 0.5) is 0 Å². The summed E-state index contributed by atoms with van der Waals surface area (Å²) < 4.78 is 0. The van der Waals surface area contributed by atoms with Crippen LogP contribution in [-0.4, -0.2) is 16.5 Å². The van der Waals surface area contributed by atoms with Crippen molar-refractivity contribution in [1.29, 1.82) is 0 Å². The average molecular weight is 231 g/mol. The van der Waals surface area contributed by atoms with E-state index < -0.39 is 5.60 Å². The molecule has 0 aliphatic rings. The summed E-state index contributed by atoms with van der Waals surface area (Å²) in [5.41, 5.74) is -0.570. The van der Waals surface area contributed by atoms with Crippen LogP contribution in [0, 0.1) is 0 Å². The molecule has 78 valence electrons. The van der Waals surface area contributed by atoms with Gasteiger partial charge < -0.3 is 5.11 Å². The lowest BCUT2D eigenvalue weighted by molar-refractivity contribution is 0.0778. The fourth-order valence-electron chi connectivity index (χ4n) is 0.949. The van der Waals surface area contributed by atoms with Crippen molar-refractivity contribution in [1.82, 2.24) is 0 Å². The molecule has 0 unspecified atom stereocenters. The number of thioether (sulfide) groups is 1. The van der Waals surface area contributed by atoms with Crippen LogP contribution in [0.25, 0.3) is 0 Å². The van der Waals surface area contributed by atoms with Crippen molar-refractivity contribution in [2.45, 2.75) is 30.8 Å². The Kier molecular flexibility index (Phi) is 4.30. The zero-order chi connectivity index (χ0) is 10.6. The Morgan fingerprint density at radius 3 is 2.36 bits per heavy atom. The van der Waals surface area contributed by atoms with Gasteiger partial charge in [-0.1, -0.05) is 11.6 Å². The highest BCUT2D eigenvalue weighted by Gasteiger charge is 2.11. The Hall–Kier alpha value is -0.180. The number of aliphatic hydroxyl groups is 1. The van der Waals surface area contributed by atoms with Crippen molar-refractivity contribution in [3.8, 4) is 0 Å². The predicted molar refractivity (Wildman–Crippen MR) is 63.1 cm³/mol. The highest BCUT2D eigenvalue weighted by atomic mass is 35.5. The van der Waals surface area contributed by atoms with Gasteiger partial charge in [-0.05, 0) is 44.5 Å². The number of hydrogen-bond acceptors (Lipinski definition) is 2. The normalized spacial score (nSPS) is 11.7. The monoisotopic (exact) mass is 230 g/mol. The predicted octanol–water partition coefficient (Wildman–Crippen LogP) is 3.59. The van der Waals surface area contributed by atoms with E-state index in [9.17, 15) is 5.11 Å². The van der Waals surface area contributed by atoms with Gasteiger partial charge in [0.15, 0.2) is 0 Å². The van der Waals surface area contributed by atoms with E-state index in [1.54, 1.807) is 11.8 Å². The van der Waals surface area contributed by atoms with Gasteiger partial charge in [0.05, 0.1) is 5.60 Å². The Labute approximate surface area is 94.5 Å². The molecule has 0 spiro atoms. The van der Waals surface area contributed by atoms with E-state index in [0.717, 1.165) is 17.2 Å². The summed E-state index contributed by atoms with van der Waals surface area (Å²) in [7, 11) is 0. The minimum Gasteiger partial charge on any atom is -0.390 e. The van der Waals surface area contributed by atoms with Crippen molar-refractivity contribution in [2.75, 3.05) is 5.75 Å². The fraction of sp³-hybridized carbons (Fsp3) is 0.455. The lowest BCUT2D eigenvalue weighted by Gasteiger charge is -2.15. The maximum atomic E-state index is 9.51. The first kappa shape index (κ1) is 11.9. The van der Waals surface area contributed by atoms with Crippen LogP contribution in [0.1, 0.15) is 20.3 Å². The van der Waals surface area contributed by atoms with Crippen molar-refractivity contribution in [3.05, 3.63) is 29.3 Å². The quantitative estimate of drug-likeness (QED) is 0.798. The molecule has 0 saturated heterocycles. The van der Waals surface area contributed by atoms with Crippen LogP contribution in [0.2, 0.25) is 5.02 Å². The summed E-state index contributed by atoms with van der Waals surface area (Å²) in [6, 6.07) is 7.76. The Morgan fingerprint density at radius 1 is 1.29 bits per heavy atom. The van der Waals surface area contributed by atoms with E-state index in [1.807, 2.05) is 38.1 Å². The van der Waals surface area contributed by atoms with Gasteiger partial charge in [-0.2, -0.15) is 0 Å². The third kappa shape index (κ3) is 4.89. The molecule has 14 heavy (non-hydrogen) atoms. The maximum Gasteiger partial charge on any atom is 0.0599 e. The molecule has 0 bridgehead atoms.